The van der Waals surface area contributed by atoms with Gasteiger partial charge in [0.05, 0.1) is 11.4 Å². The van der Waals surface area contributed by atoms with E-state index in [4.69, 9.17) is 0 Å². The number of piperidine rings is 1. The second-order valence-electron chi connectivity index (χ2n) is 6.00. The van der Waals surface area contributed by atoms with Crippen LogP contribution in [-0.2, 0) is 13.1 Å². The highest BCUT2D eigenvalue weighted by atomic mass is 32.1. The van der Waals surface area contributed by atoms with E-state index >= 15 is 0 Å². The fraction of sp³-hybridized carbons (Fsp3) is 0.529. The van der Waals surface area contributed by atoms with Gasteiger partial charge in [-0.1, -0.05) is 0 Å². The van der Waals surface area contributed by atoms with Gasteiger partial charge in [0.2, 0.25) is 0 Å². The molecule has 0 aliphatic carbocycles. The van der Waals surface area contributed by atoms with Crippen LogP contribution in [0.2, 0.25) is 0 Å². The monoisotopic (exact) mass is 317 g/mol. The summed E-state index contributed by atoms with van der Waals surface area (Å²) in [6.45, 7) is 7.86. The smallest absolute Gasteiger partial charge is 0.177 e. The normalized spacial score (nSPS) is 19.5. The average molecular weight is 317 g/mol. The van der Waals surface area contributed by atoms with Gasteiger partial charge in [-0.05, 0) is 50.2 Å². The van der Waals surface area contributed by atoms with Crippen molar-refractivity contribution in [2.45, 2.75) is 39.8 Å². The number of aromatic nitrogens is 2. The summed E-state index contributed by atoms with van der Waals surface area (Å²) in [6, 6.07) is 2.04. The number of hydrogen-bond donors (Lipinski definition) is 0. The molecule has 4 nitrogen and oxygen atoms in total. The Kier molecular flexibility index (Phi) is 4.74. The number of ketones is 1. The first-order valence-electron chi connectivity index (χ1n) is 7.99. The summed E-state index contributed by atoms with van der Waals surface area (Å²) in [5.41, 5.74) is 1.12. The van der Waals surface area contributed by atoms with Crippen molar-refractivity contribution in [3.63, 3.8) is 0 Å². The number of aryl methyl sites for hydroxylation is 2. The summed E-state index contributed by atoms with van der Waals surface area (Å²) in [6.07, 6.45) is 5.99. The van der Waals surface area contributed by atoms with E-state index in [0.717, 1.165) is 55.3 Å². The zero-order valence-corrected chi connectivity index (χ0v) is 14.1. The number of carbonyl (C=O) groups excluding carboxylic acids is 1. The Morgan fingerprint density at radius 2 is 2.36 bits per heavy atom. The van der Waals surface area contributed by atoms with Crippen molar-refractivity contribution in [1.82, 2.24) is 14.5 Å². The lowest BCUT2D eigenvalue weighted by molar-refractivity contribution is 0.0811. The highest BCUT2D eigenvalue weighted by Gasteiger charge is 2.28. The fourth-order valence-corrected chi connectivity index (χ4v) is 4.15. The molecule has 1 atom stereocenters. The topological polar surface area (TPSA) is 38.1 Å². The maximum absolute atomic E-state index is 12.7. The number of hydrogen-bond acceptors (Lipinski definition) is 4. The average Bonchev–Trinajstić information content (AvgIpc) is 3.15. The predicted molar refractivity (Wildman–Crippen MR) is 89.3 cm³/mol. The van der Waals surface area contributed by atoms with Crippen LogP contribution < -0.4 is 0 Å². The Balaban J connectivity index is 1.67. The molecule has 0 radical (unpaired) electrons. The maximum Gasteiger partial charge on any atom is 0.177 e. The number of thiophene rings is 1. The Hall–Kier alpha value is -1.46. The van der Waals surface area contributed by atoms with Crippen molar-refractivity contribution >= 4 is 17.1 Å². The van der Waals surface area contributed by atoms with Crippen LogP contribution in [0.4, 0.5) is 0 Å². The van der Waals surface area contributed by atoms with Crippen LogP contribution in [0, 0.1) is 12.8 Å². The molecular formula is C17H23N3OS. The third-order valence-corrected chi connectivity index (χ3v) is 5.50. The summed E-state index contributed by atoms with van der Waals surface area (Å²) in [7, 11) is 0. The molecule has 1 aliphatic rings. The van der Waals surface area contributed by atoms with Gasteiger partial charge >= 0.3 is 0 Å². The molecule has 0 aromatic carbocycles. The van der Waals surface area contributed by atoms with E-state index < -0.39 is 0 Å². The second kappa shape index (κ2) is 6.75. The van der Waals surface area contributed by atoms with Gasteiger partial charge in [-0.2, -0.15) is 0 Å². The van der Waals surface area contributed by atoms with Gasteiger partial charge < -0.3 is 4.57 Å². The lowest BCUT2D eigenvalue weighted by atomic mass is 9.92. The van der Waals surface area contributed by atoms with Gasteiger partial charge in [-0.15, -0.1) is 11.3 Å². The van der Waals surface area contributed by atoms with E-state index in [1.807, 2.05) is 30.8 Å². The molecule has 1 unspecified atom stereocenters. The molecule has 5 heteroatoms. The van der Waals surface area contributed by atoms with Crippen molar-refractivity contribution in [2.75, 3.05) is 13.1 Å². The molecule has 3 heterocycles. The van der Waals surface area contributed by atoms with Crippen molar-refractivity contribution in [2.24, 2.45) is 5.92 Å². The van der Waals surface area contributed by atoms with Crippen LogP contribution in [0.5, 0.6) is 0 Å². The second-order valence-corrected chi connectivity index (χ2v) is 6.92. The first-order valence-corrected chi connectivity index (χ1v) is 8.87. The van der Waals surface area contributed by atoms with Crippen LogP contribution in [0.25, 0.3) is 0 Å². The SMILES string of the molecule is CCn1ccnc1CN1CCCC(C(=O)c2sccc2C)C1. The van der Waals surface area contributed by atoms with E-state index in [2.05, 4.69) is 21.4 Å². The van der Waals surface area contributed by atoms with Crippen LogP contribution >= 0.6 is 11.3 Å². The van der Waals surface area contributed by atoms with Gasteiger partial charge in [0.15, 0.2) is 5.78 Å². The molecule has 1 aliphatic heterocycles. The lowest BCUT2D eigenvalue weighted by Crippen LogP contribution is -2.38. The highest BCUT2D eigenvalue weighted by molar-refractivity contribution is 7.12. The van der Waals surface area contributed by atoms with Gasteiger partial charge in [0.25, 0.3) is 0 Å². The molecule has 0 saturated carbocycles. The van der Waals surface area contributed by atoms with Crippen LogP contribution in [0.3, 0.4) is 0 Å². The Morgan fingerprint density at radius 3 is 3.09 bits per heavy atom. The highest BCUT2D eigenvalue weighted by Crippen LogP contribution is 2.26. The molecule has 118 valence electrons. The molecule has 0 amide bonds. The number of nitrogens with zero attached hydrogens (tertiary/aromatic N) is 3. The Labute approximate surface area is 135 Å². The summed E-state index contributed by atoms with van der Waals surface area (Å²) < 4.78 is 2.18. The van der Waals surface area contributed by atoms with E-state index in [1.165, 1.54) is 0 Å². The minimum atomic E-state index is 0.135. The minimum absolute atomic E-state index is 0.135. The predicted octanol–water partition coefficient (Wildman–Crippen LogP) is 3.37. The van der Waals surface area contributed by atoms with Gasteiger partial charge in [0.1, 0.15) is 5.82 Å². The summed E-state index contributed by atoms with van der Waals surface area (Å²) in [4.78, 5) is 20.5. The van der Waals surface area contributed by atoms with Crippen LogP contribution in [-0.4, -0.2) is 33.3 Å². The molecule has 0 bridgehead atoms. The summed E-state index contributed by atoms with van der Waals surface area (Å²) >= 11 is 1.58. The molecule has 0 spiro atoms. The molecule has 22 heavy (non-hydrogen) atoms. The third-order valence-electron chi connectivity index (χ3n) is 4.47. The van der Waals surface area contributed by atoms with Crippen molar-refractivity contribution in [3.05, 3.63) is 40.1 Å². The largest absolute Gasteiger partial charge is 0.334 e. The Bertz CT molecular complexity index is 646. The zero-order chi connectivity index (χ0) is 15.5. The number of imidazole rings is 1. The lowest BCUT2D eigenvalue weighted by Gasteiger charge is -2.31. The Morgan fingerprint density at radius 1 is 1.50 bits per heavy atom. The first kappa shape index (κ1) is 15.4. The van der Waals surface area contributed by atoms with Crippen molar-refractivity contribution < 1.29 is 4.79 Å². The number of likely N-dealkylation sites (tertiary alicyclic amines) is 1. The first-order chi connectivity index (χ1) is 10.7. The third kappa shape index (κ3) is 3.15. The number of carbonyl (C=O) groups is 1. The molecular weight excluding hydrogens is 294 g/mol. The van der Waals surface area contributed by atoms with Gasteiger partial charge in [-0.25, -0.2) is 4.98 Å². The van der Waals surface area contributed by atoms with Gasteiger partial charge in [-0.3, -0.25) is 9.69 Å². The van der Waals surface area contributed by atoms with E-state index in [-0.39, 0.29) is 5.92 Å². The maximum atomic E-state index is 12.7. The van der Waals surface area contributed by atoms with Crippen molar-refractivity contribution in [3.8, 4) is 0 Å². The molecule has 0 N–H and O–H groups in total. The number of Topliss-reactive ketones (excluding diaryl/α,β-unsaturated/α-hetero) is 1. The van der Waals surface area contributed by atoms with Crippen molar-refractivity contribution in [1.29, 1.82) is 0 Å². The quantitative estimate of drug-likeness (QED) is 0.794. The number of rotatable bonds is 5. The minimum Gasteiger partial charge on any atom is -0.334 e. The molecule has 1 saturated heterocycles. The zero-order valence-electron chi connectivity index (χ0n) is 13.3. The molecule has 3 rings (SSSR count). The molecule has 2 aromatic heterocycles. The molecule has 2 aromatic rings. The van der Waals surface area contributed by atoms with E-state index in [1.54, 1.807) is 11.3 Å². The fourth-order valence-electron chi connectivity index (χ4n) is 3.20. The van der Waals surface area contributed by atoms with E-state index in [0.29, 0.717) is 5.78 Å². The van der Waals surface area contributed by atoms with E-state index in [9.17, 15) is 4.79 Å². The summed E-state index contributed by atoms with van der Waals surface area (Å²) in [5, 5.41) is 2.02. The van der Waals surface area contributed by atoms with Crippen LogP contribution in [0.1, 0.15) is 40.8 Å². The molecule has 1 fully saturated rings. The van der Waals surface area contributed by atoms with Crippen LogP contribution in [0.15, 0.2) is 23.8 Å². The van der Waals surface area contributed by atoms with Gasteiger partial charge in [0, 0.05) is 31.4 Å². The standard InChI is InChI=1S/C17H23N3OS/c1-3-20-9-7-18-15(20)12-19-8-4-5-14(11-19)16(21)17-13(2)6-10-22-17/h6-7,9-10,14H,3-5,8,11-12H2,1-2H3. The summed E-state index contributed by atoms with van der Waals surface area (Å²) in [5.74, 6) is 1.56.